The van der Waals surface area contributed by atoms with Gasteiger partial charge in [-0.15, -0.1) is 0 Å². The summed E-state index contributed by atoms with van der Waals surface area (Å²) >= 11 is 0. The molecule has 1 aliphatic carbocycles. The summed E-state index contributed by atoms with van der Waals surface area (Å²) < 4.78 is 95.5. The summed E-state index contributed by atoms with van der Waals surface area (Å²) in [5.41, 5.74) is -4.88. The van der Waals surface area contributed by atoms with Crippen molar-refractivity contribution in [3.05, 3.63) is 75.6 Å². The predicted octanol–water partition coefficient (Wildman–Crippen LogP) is 2.31. The van der Waals surface area contributed by atoms with E-state index in [0.717, 1.165) is 12.1 Å². The summed E-state index contributed by atoms with van der Waals surface area (Å²) in [5.74, 6) is -4.54. The van der Waals surface area contributed by atoms with Gasteiger partial charge in [0.1, 0.15) is 15.4 Å². The number of carboxylic acids is 2. The average molecular weight is 693 g/mol. The number of aliphatic carboxylic acids is 1. The Morgan fingerprint density at radius 1 is 0.783 bits per heavy atom. The Kier molecular flexibility index (Phi) is 7.86. The fraction of sp³-hybridized carbons (Fsp3) is 0.111. The predicted molar refractivity (Wildman–Crippen MR) is 159 cm³/mol. The van der Waals surface area contributed by atoms with Crippen LogP contribution in [0.2, 0.25) is 0 Å². The second-order valence-corrected chi connectivity index (χ2v) is 14.9. The van der Waals surface area contributed by atoms with E-state index < -0.39 is 114 Å². The number of aromatic nitrogens is 1. The number of aromatic carboxylic acids is 1. The standard InChI is InChI=1S/C27H20N2O14S3/c30-19(31)6-3-9-44(36,37)12-7-8-15(17(10-12)45(38,39)40)28-16-11-18(46(41,42)43)24-22-20(23(27(34)35)26(33)29-24)13-4-1-2-5-14(13)25(32)21(16)22/h1-2,4-5,7-8,10-11,28H,3,6,9H2,(H,29,33)(H,30,31)(H,34,35)(H,38,39,40)(H,41,42,43). The zero-order valence-corrected chi connectivity index (χ0v) is 25.3. The molecule has 4 aromatic rings. The fourth-order valence-electron chi connectivity index (χ4n) is 5.18. The summed E-state index contributed by atoms with van der Waals surface area (Å²) in [4.78, 5) is 49.2. The van der Waals surface area contributed by atoms with Crippen LogP contribution in [-0.4, -0.2) is 73.0 Å². The van der Waals surface area contributed by atoms with Gasteiger partial charge in [-0.1, -0.05) is 24.3 Å². The van der Waals surface area contributed by atoms with Gasteiger partial charge in [-0.05, 0) is 36.2 Å². The van der Waals surface area contributed by atoms with E-state index in [0.29, 0.717) is 12.1 Å². The molecule has 0 atom stereocenters. The maximum Gasteiger partial charge on any atom is 0.342 e. The number of fused-ring (bicyclic) bond motifs is 2. The zero-order valence-electron chi connectivity index (χ0n) is 22.8. The molecular formula is C27H20N2O14S3. The molecule has 1 aliphatic rings. The molecule has 0 fully saturated rings. The number of benzene rings is 3. The van der Waals surface area contributed by atoms with Gasteiger partial charge in [-0.25, -0.2) is 13.2 Å². The number of nitrogens with one attached hydrogen (secondary N) is 2. The quantitative estimate of drug-likeness (QED) is 0.115. The molecule has 0 saturated heterocycles. The number of pyridine rings is 1. The topological polar surface area (TPSA) is 279 Å². The first-order valence-corrected chi connectivity index (χ1v) is 17.3. The van der Waals surface area contributed by atoms with Crippen LogP contribution in [0.5, 0.6) is 0 Å². The minimum Gasteiger partial charge on any atom is -0.481 e. The second-order valence-electron chi connectivity index (χ2n) is 9.98. The molecular weight excluding hydrogens is 672 g/mol. The van der Waals surface area contributed by atoms with Crippen molar-refractivity contribution >= 4 is 70.1 Å². The third-order valence-electron chi connectivity index (χ3n) is 7.08. The van der Waals surface area contributed by atoms with Crippen molar-refractivity contribution in [2.24, 2.45) is 0 Å². The largest absolute Gasteiger partial charge is 0.481 e. The van der Waals surface area contributed by atoms with Gasteiger partial charge in [-0.2, -0.15) is 16.8 Å². The SMILES string of the molecule is O=C(O)CCCS(=O)(=O)c1ccc(Nc2cc(S(=O)(=O)O)c3[nH]c(=O)c(C(=O)O)c4c3c2C(=O)c2ccccc2-4)c(S(=O)(=O)O)c1. The van der Waals surface area contributed by atoms with Gasteiger partial charge in [0.2, 0.25) is 0 Å². The molecule has 46 heavy (non-hydrogen) atoms. The van der Waals surface area contributed by atoms with E-state index >= 15 is 0 Å². The Morgan fingerprint density at radius 3 is 2.00 bits per heavy atom. The Morgan fingerprint density at radius 2 is 1.41 bits per heavy atom. The lowest BCUT2D eigenvalue weighted by atomic mass is 9.81. The molecule has 0 aliphatic heterocycles. The Balaban J connectivity index is 1.83. The number of hydrogen-bond acceptors (Lipinski definition) is 11. The number of sulfone groups is 1. The number of anilines is 2. The van der Waals surface area contributed by atoms with Crippen LogP contribution in [0.15, 0.2) is 68.0 Å². The van der Waals surface area contributed by atoms with Crippen LogP contribution < -0.4 is 10.9 Å². The molecule has 0 bridgehead atoms. The highest BCUT2D eigenvalue weighted by molar-refractivity contribution is 7.91. The molecule has 1 aromatic heterocycles. The molecule has 0 amide bonds. The third-order valence-corrected chi connectivity index (χ3v) is 10.6. The number of aromatic amines is 1. The van der Waals surface area contributed by atoms with Gasteiger partial charge in [0.15, 0.2) is 15.6 Å². The molecule has 0 saturated carbocycles. The highest BCUT2D eigenvalue weighted by Crippen LogP contribution is 2.45. The van der Waals surface area contributed by atoms with Crippen LogP contribution in [0, 0.1) is 0 Å². The number of carbonyl (C=O) groups excluding carboxylic acids is 1. The average Bonchev–Trinajstić information content (AvgIpc) is 2.94. The molecule has 240 valence electrons. The highest BCUT2D eigenvalue weighted by atomic mass is 32.2. The van der Waals surface area contributed by atoms with E-state index in [2.05, 4.69) is 10.3 Å². The maximum absolute atomic E-state index is 13.9. The number of ketones is 1. The van der Waals surface area contributed by atoms with Crippen molar-refractivity contribution in [1.29, 1.82) is 0 Å². The monoisotopic (exact) mass is 692 g/mol. The molecule has 19 heteroatoms. The van der Waals surface area contributed by atoms with E-state index in [1.165, 1.54) is 24.3 Å². The van der Waals surface area contributed by atoms with Crippen LogP contribution >= 0.6 is 0 Å². The molecule has 0 radical (unpaired) electrons. The summed E-state index contributed by atoms with van der Waals surface area (Å²) in [6.45, 7) is 0. The lowest BCUT2D eigenvalue weighted by Crippen LogP contribution is -2.24. The lowest BCUT2D eigenvalue weighted by molar-refractivity contribution is -0.137. The van der Waals surface area contributed by atoms with Gasteiger partial charge in [-0.3, -0.25) is 23.5 Å². The minimum absolute atomic E-state index is 0.0528. The Bertz CT molecular complexity index is 2430. The lowest BCUT2D eigenvalue weighted by Gasteiger charge is -2.25. The van der Waals surface area contributed by atoms with Gasteiger partial charge in [0.05, 0.1) is 33.1 Å². The number of carbonyl (C=O) groups is 3. The van der Waals surface area contributed by atoms with Crippen LogP contribution in [0.3, 0.4) is 0 Å². The normalized spacial score (nSPS) is 13.0. The summed E-state index contributed by atoms with van der Waals surface area (Å²) in [7, 11) is -14.8. The molecule has 16 nitrogen and oxygen atoms in total. The zero-order chi connectivity index (χ0) is 33.9. The second kappa shape index (κ2) is 11.1. The fourth-order valence-corrected chi connectivity index (χ4v) is 7.94. The van der Waals surface area contributed by atoms with Crippen molar-refractivity contribution in [2.75, 3.05) is 11.1 Å². The molecule has 0 spiro atoms. The van der Waals surface area contributed by atoms with E-state index in [-0.39, 0.29) is 23.1 Å². The van der Waals surface area contributed by atoms with Crippen molar-refractivity contribution in [3.8, 4) is 11.1 Å². The molecule has 6 N–H and O–H groups in total. The van der Waals surface area contributed by atoms with Gasteiger partial charge in [0.25, 0.3) is 25.8 Å². The van der Waals surface area contributed by atoms with E-state index in [9.17, 15) is 58.6 Å². The highest BCUT2D eigenvalue weighted by Gasteiger charge is 2.36. The molecule has 3 aromatic carbocycles. The van der Waals surface area contributed by atoms with Gasteiger partial charge >= 0.3 is 11.9 Å². The number of hydrogen-bond donors (Lipinski definition) is 6. The maximum atomic E-state index is 13.9. The third kappa shape index (κ3) is 5.65. The minimum atomic E-state index is -5.25. The van der Waals surface area contributed by atoms with Crippen LogP contribution in [0.1, 0.15) is 39.1 Å². The van der Waals surface area contributed by atoms with Crippen molar-refractivity contribution in [3.63, 3.8) is 0 Å². The number of H-pyrrole nitrogens is 1. The summed E-state index contributed by atoms with van der Waals surface area (Å²) in [6.07, 6.45) is -0.817. The Labute approximate surface area is 258 Å². The van der Waals surface area contributed by atoms with Gasteiger partial charge in [0, 0.05) is 22.9 Å². The molecule has 5 rings (SSSR count). The van der Waals surface area contributed by atoms with E-state index in [1.54, 1.807) is 0 Å². The first-order chi connectivity index (χ1) is 21.3. The first-order valence-electron chi connectivity index (χ1n) is 12.8. The van der Waals surface area contributed by atoms with E-state index in [1.807, 2.05) is 0 Å². The number of rotatable bonds is 10. The molecule has 1 heterocycles. The Hall–Kier alpha value is -4.95. The van der Waals surface area contributed by atoms with Crippen LogP contribution in [0.4, 0.5) is 11.4 Å². The summed E-state index contributed by atoms with van der Waals surface area (Å²) in [5, 5.41) is 20.8. The van der Waals surface area contributed by atoms with E-state index in [4.69, 9.17) is 5.11 Å². The smallest absolute Gasteiger partial charge is 0.342 e. The van der Waals surface area contributed by atoms with Crippen LogP contribution in [-0.2, 0) is 34.9 Å². The van der Waals surface area contributed by atoms with Gasteiger partial charge < -0.3 is 20.5 Å². The van der Waals surface area contributed by atoms with Crippen LogP contribution in [0.25, 0.3) is 22.0 Å². The molecule has 0 unspecified atom stereocenters. The summed E-state index contributed by atoms with van der Waals surface area (Å²) in [6, 6.07) is 8.48. The van der Waals surface area contributed by atoms with Crippen molar-refractivity contribution in [2.45, 2.75) is 27.5 Å². The number of carboxylic acid groups (broad SMARTS) is 2. The van der Waals surface area contributed by atoms with Crippen molar-refractivity contribution < 1.29 is 59.0 Å². The van der Waals surface area contributed by atoms with Crippen molar-refractivity contribution in [1.82, 2.24) is 4.98 Å². The first kappa shape index (κ1) is 32.4.